The standard InChI is InChI=1S/C8H17NO2/c1-4-8(7(9)5-10)11-6(2)3/h4,6-7,10H,5,9H2,1-3H3/b8-4-/t7-/m0/s1. The second kappa shape index (κ2) is 5.16. The fourth-order valence-electron chi connectivity index (χ4n) is 0.732. The van der Waals surface area contributed by atoms with Crippen molar-refractivity contribution in [1.29, 1.82) is 0 Å². The molecule has 0 radical (unpaired) electrons. The molecule has 0 saturated heterocycles. The summed E-state index contributed by atoms with van der Waals surface area (Å²) in [5.74, 6) is 0.655. The van der Waals surface area contributed by atoms with E-state index < -0.39 is 0 Å². The molecule has 0 aliphatic heterocycles. The molecule has 0 amide bonds. The molecule has 0 bridgehead atoms. The van der Waals surface area contributed by atoms with Crippen LogP contribution in [-0.4, -0.2) is 23.9 Å². The molecule has 0 aromatic carbocycles. The second-order valence-corrected chi connectivity index (χ2v) is 2.65. The van der Waals surface area contributed by atoms with Crippen molar-refractivity contribution in [2.75, 3.05) is 6.61 Å². The van der Waals surface area contributed by atoms with Gasteiger partial charge in [-0.05, 0) is 26.8 Å². The maximum atomic E-state index is 8.70. The van der Waals surface area contributed by atoms with Gasteiger partial charge in [0.15, 0.2) is 0 Å². The Balaban J connectivity index is 3.97. The topological polar surface area (TPSA) is 55.5 Å². The maximum Gasteiger partial charge on any atom is 0.111 e. The number of aliphatic hydroxyl groups is 1. The first-order valence-corrected chi connectivity index (χ1v) is 3.81. The van der Waals surface area contributed by atoms with Crippen molar-refractivity contribution in [2.45, 2.75) is 32.9 Å². The van der Waals surface area contributed by atoms with Crippen LogP contribution in [0.25, 0.3) is 0 Å². The van der Waals surface area contributed by atoms with Crippen LogP contribution in [0.1, 0.15) is 20.8 Å². The first-order valence-electron chi connectivity index (χ1n) is 3.81. The van der Waals surface area contributed by atoms with Crippen molar-refractivity contribution in [3.8, 4) is 0 Å². The minimum absolute atomic E-state index is 0.0770. The molecular weight excluding hydrogens is 142 g/mol. The molecule has 0 aliphatic carbocycles. The van der Waals surface area contributed by atoms with Crippen LogP contribution in [0.3, 0.4) is 0 Å². The summed E-state index contributed by atoms with van der Waals surface area (Å²) in [5.41, 5.74) is 5.53. The minimum Gasteiger partial charge on any atom is -0.494 e. The Morgan fingerprint density at radius 1 is 1.64 bits per heavy atom. The lowest BCUT2D eigenvalue weighted by Crippen LogP contribution is -2.29. The van der Waals surface area contributed by atoms with Gasteiger partial charge < -0.3 is 15.6 Å². The first kappa shape index (κ1) is 10.5. The number of hydrogen-bond donors (Lipinski definition) is 2. The molecule has 0 saturated carbocycles. The summed E-state index contributed by atoms with van der Waals surface area (Å²) in [6.45, 7) is 5.61. The monoisotopic (exact) mass is 159 g/mol. The van der Waals surface area contributed by atoms with E-state index in [9.17, 15) is 0 Å². The molecule has 0 heterocycles. The molecule has 0 fully saturated rings. The van der Waals surface area contributed by atoms with Crippen molar-refractivity contribution < 1.29 is 9.84 Å². The van der Waals surface area contributed by atoms with E-state index in [0.29, 0.717) is 5.76 Å². The summed E-state index contributed by atoms with van der Waals surface area (Å²) in [6.07, 6.45) is 1.89. The van der Waals surface area contributed by atoms with Crippen molar-refractivity contribution in [1.82, 2.24) is 0 Å². The van der Waals surface area contributed by atoms with E-state index in [1.165, 1.54) is 0 Å². The molecule has 66 valence electrons. The third-order valence-corrected chi connectivity index (χ3v) is 1.22. The smallest absolute Gasteiger partial charge is 0.111 e. The normalized spacial score (nSPS) is 15.3. The average molecular weight is 159 g/mol. The molecule has 3 nitrogen and oxygen atoms in total. The van der Waals surface area contributed by atoms with Gasteiger partial charge in [-0.25, -0.2) is 0 Å². The summed E-state index contributed by atoms with van der Waals surface area (Å²) >= 11 is 0. The SMILES string of the molecule is C/C=C(\OC(C)C)[C@@H](N)CO. The fourth-order valence-corrected chi connectivity index (χ4v) is 0.732. The van der Waals surface area contributed by atoms with Gasteiger partial charge in [-0.15, -0.1) is 0 Å². The first-order chi connectivity index (χ1) is 5.11. The Morgan fingerprint density at radius 3 is 2.45 bits per heavy atom. The van der Waals surface area contributed by atoms with Crippen LogP contribution in [0.5, 0.6) is 0 Å². The molecule has 0 aliphatic rings. The van der Waals surface area contributed by atoms with Crippen molar-refractivity contribution >= 4 is 0 Å². The van der Waals surface area contributed by atoms with E-state index in [4.69, 9.17) is 15.6 Å². The number of aliphatic hydroxyl groups excluding tert-OH is 1. The van der Waals surface area contributed by atoms with Gasteiger partial charge in [-0.1, -0.05) is 0 Å². The Bertz CT molecular complexity index is 132. The molecule has 0 aromatic rings. The van der Waals surface area contributed by atoms with Gasteiger partial charge in [0.1, 0.15) is 5.76 Å². The third-order valence-electron chi connectivity index (χ3n) is 1.22. The van der Waals surface area contributed by atoms with Crippen LogP contribution < -0.4 is 5.73 Å². The summed E-state index contributed by atoms with van der Waals surface area (Å²) in [4.78, 5) is 0. The summed E-state index contributed by atoms with van der Waals surface area (Å²) < 4.78 is 5.33. The lowest BCUT2D eigenvalue weighted by atomic mass is 10.2. The summed E-state index contributed by atoms with van der Waals surface area (Å²) in [5, 5.41) is 8.70. The van der Waals surface area contributed by atoms with Crippen LogP contribution in [-0.2, 0) is 4.74 Å². The second-order valence-electron chi connectivity index (χ2n) is 2.65. The maximum absolute atomic E-state index is 8.70. The highest BCUT2D eigenvalue weighted by molar-refractivity contribution is 5.00. The predicted molar refractivity (Wildman–Crippen MR) is 45.0 cm³/mol. The van der Waals surface area contributed by atoms with Gasteiger partial charge in [-0.3, -0.25) is 0 Å². The van der Waals surface area contributed by atoms with Crippen molar-refractivity contribution in [3.05, 3.63) is 11.8 Å². The Labute approximate surface area is 67.9 Å². The number of hydrogen-bond acceptors (Lipinski definition) is 3. The van der Waals surface area contributed by atoms with Crippen LogP contribution in [0.4, 0.5) is 0 Å². The molecule has 0 aromatic heterocycles. The fraction of sp³-hybridized carbons (Fsp3) is 0.750. The Kier molecular flexibility index (Phi) is 4.90. The van der Waals surface area contributed by atoms with Gasteiger partial charge >= 0.3 is 0 Å². The zero-order valence-electron chi connectivity index (χ0n) is 7.37. The van der Waals surface area contributed by atoms with Gasteiger partial charge in [0.2, 0.25) is 0 Å². The van der Waals surface area contributed by atoms with Crippen LogP contribution in [0.2, 0.25) is 0 Å². The number of allylic oxidation sites excluding steroid dienone is 1. The predicted octanol–water partition coefficient (Wildman–Crippen LogP) is 0.635. The van der Waals surface area contributed by atoms with E-state index in [-0.39, 0.29) is 18.8 Å². The molecule has 0 unspecified atom stereocenters. The highest BCUT2D eigenvalue weighted by atomic mass is 16.5. The van der Waals surface area contributed by atoms with Crippen molar-refractivity contribution in [2.24, 2.45) is 5.73 Å². The van der Waals surface area contributed by atoms with E-state index in [0.717, 1.165) is 0 Å². The van der Waals surface area contributed by atoms with Gasteiger partial charge in [-0.2, -0.15) is 0 Å². The number of rotatable bonds is 4. The number of nitrogens with two attached hydrogens (primary N) is 1. The lowest BCUT2D eigenvalue weighted by Gasteiger charge is -2.17. The zero-order chi connectivity index (χ0) is 8.85. The van der Waals surface area contributed by atoms with E-state index in [1.807, 2.05) is 20.8 Å². The quantitative estimate of drug-likeness (QED) is 0.592. The number of ether oxygens (including phenoxy) is 1. The zero-order valence-corrected chi connectivity index (χ0v) is 7.37. The molecular formula is C8H17NO2. The van der Waals surface area contributed by atoms with E-state index >= 15 is 0 Å². The van der Waals surface area contributed by atoms with Gasteiger partial charge in [0.25, 0.3) is 0 Å². The van der Waals surface area contributed by atoms with E-state index in [2.05, 4.69) is 0 Å². The average Bonchev–Trinajstić information content (AvgIpc) is 1.98. The lowest BCUT2D eigenvalue weighted by molar-refractivity contribution is 0.119. The summed E-state index contributed by atoms with van der Waals surface area (Å²) in [7, 11) is 0. The molecule has 0 rings (SSSR count). The van der Waals surface area contributed by atoms with Crippen LogP contribution in [0, 0.1) is 0 Å². The molecule has 0 spiro atoms. The third kappa shape index (κ3) is 4.01. The van der Waals surface area contributed by atoms with Crippen LogP contribution in [0.15, 0.2) is 11.8 Å². The molecule has 11 heavy (non-hydrogen) atoms. The van der Waals surface area contributed by atoms with Gasteiger partial charge in [0.05, 0.1) is 18.8 Å². The van der Waals surface area contributed by atoms with E-state index in [1.54, 1.807) is 6.08 Å². The van der Waals surface area contributed by atoms with Gasteiger partial charge in [0, 0.05) is 0 Å². The highest BCUT2D eigenvalue weighted by Gasteiger charge is 2.09. The Hall–Kier alpha value is -0.540. The van der Waals surface area contributed by atoms with Crippen LogP contribution >= 0.6 is 0 Å². The molecule has 1 atom stereocenters. The molecule has 3 N–H and O–H groups in total. The van der Waals surface area contributed by atoms with Crippen molar-refractivity contribution in [3.63, 3.8) is 0 Å². The highest BCUT2D eigenvalue weighted by Crippen LogP contribution is 2.05. The largest absolute Gasteiger partial charge is 0.494 e. The Morgan fingerprint density at radius 2 is 2.18 bits per heavy atom. The molecule has 3 heteroatoms. The summed E-state index contributed by atoms with van der Waals surface area (Å²) in [6, 6.07) is -0.387. The minimum atomic E-state index is -0.387.